The van der Waals surface area contributed by atoms with Crippen LogP contribution in [0.4, 0.5) is 0 Å². The molecule has 0 bridgehead atoms. The van der Waals surface area contributed by atoms with Gasteiger partial charge in [0.1, 0.15) is 11.8 Å². The lowest BCUT2D eigenvalue weighted by molar-refractivity contribution is -0.137. The van der Waals surface area contributed by atoms with Gasteiger partial charge < -0.3 is 9.84 Å². The molecule has 0 fully saturated rings. The zero-order valence-corrected chi connectivity index (χ0v) is 12.8. The number of sulfone groups is 1. The third kappa shape index (κ3) is 3.95. The standard InChI is InChI=1S/C14H17NO5S/c1-9(2)13(14(16)17)21(18,19)8-10-4-5-11(7-15)12(6-10)20-3/h4-6,9,13H,8H2,1-3H3,(H,16,17). The van der Waals surface area contributed by atoms with Gasteiger partial charge in [0.25, 0.3) is 0 Å². The maximum absolute atomic E-state index is 12.3. The first kappa shape index (κ1) is 17.0. The van der Waals surface area contributed by atoms with E-state index in [1.165, 1.54) is 25.3 Å². The van der Waals surface area contributed by atoms with Crippen molar-refractivity contribution in [3.63, 3.8) is 0 Å². The topological polar surface area (TPSA) is 104 Å². The maximum atomic E-state index is 12.3. The zero-order valence-electron chi connectivity index (χ0n) is 12.0. The molecule has 6 nitrogen and oxygen atoms in total. The summed E-state index contributed by atoms with van der Waals surface area (Å²) < 4.78 is 29.5. The van der Waals surface area contributed by atoms with Gasteiger partial charge in [-0.3, -0.25) is 4.79 Å². The first-order chi connectivity index (χ1) is 9.72. The Labute approximate surface area is 123 Å². The van der Waals surface area contributed by atoms with Gasteiger partial charge in [-0.2, -0.15) is 5.26 Å². The van der Waals surface area contributed by atoms with Gasteiger partial charge in [-0.25, -0.2) is 8.42 Å². The van der Waals surface area contributed by atoms with Crippen LogP contribution >= 0.6 is 0 Å². The van der Waals surface area contributed by atoms with E-state index in [-0.39, 0.29) is 11.3 Å². The van der Waals surface area contributed by atoms with E-state index in [9.17, 15) is 13.2 Å². The summed E-state index contributed by atoms with van der Waals surface area (Å²) in [6, 6.07) is 6.30. The number of carboxylic acid groups (broad SMARTS) is 1. The molecule has 0 heterocycles. The lowest BCUT2D eigenvalue weighted by Gasteiger charge is -2.17. The van der Waals surface area contributed by atoms with Crippen LogP contribution < -0.4 is 4.74 Å². The summed E-state index contributed by atoms with van der Waals surface area (Å²) in [5.41, 5.74) is 0.676. The Bertz CT molecular complexity index is 673. The van der Waals surface area contributed by atoms with Gasteiger partial charge in [0, 0.05) is 0 Å². The lowest BCUT2D eigenvalue weighted by Crippen LogP contribution is -2.35. The van der Waals surface area contributed by atoms with Gasteiger partial charge in [-0.05, 0) is 23.6 Å². The quantitative estimate of drug-likeness (QED) is 0.855. The molecule has 1 atom stereocenters. The molecular weight excluding hydrogens is 294 g/mol. The number of hydrogen-bond acceptors (Lipinski definition) is 5. The predicted molar refractivity (Wildman–Crippen MR) is 76.6 cm³/mol. The van der Waals surface area contributed by atoms with Crippen LogP contribution in [-0.2, 0) is 20.4 Å². The van der Waals surface area contributed by atoms with Crippen molar-refractivity contribution in [3.05, 3.63) is 29.3 Å². The van der Waals surface area contributed by atoms with Crippen molar-refractivity contribution in [2.24, 2.45) is 5.92 Å². The summed E-state index contributed by atoms with van der Waals surface area (Å²) >= 11 is 0. The van der Waals surface area contributed by atoms with Crippen LogP contribution in [0.1, 0.15) is 25.0 Å². The van der Waals surface area contributed by atoms with Crippen LogP contribution in [0.2, 0.25) is 0 Å². The van der Waals surface area contributed by atoms with E-state index in [4.69, 9.17) is 15.1 Å². The number of nitriles is 1. The van der Waals surface area contributed by atoms with Crippen molar-refractivity contribution in [3.8, 4) is 11.8 Å². The number of nitrogens with zero attached hydrogens (tertiary/aromatic N) is 1. The van der Waals surface area contributed by atoms with E-state index < -0.39 is 32.7 Å². The average molecular weight is 311 g/mol. The number of ether oxygens (including phenoxy) is 1. The largest absolute Gasteiger partial charge is 0.495 e. The van der Waals surface area contributed by atoms with Gasteiger partial charge in [-0.1, -0.05) is 19.9 Å². The minimum atomic E-state index is -3.86. The fraction of sp³-hybridized carbons (Fsp3) is 0.429. The van der Waals surface area contributed by atoms with Crippen LogP contribution in [-0.4, -0.2) is 31.9 Å². The van der Waals surface area contributed by atoms with E-state index in [0.29, 0.717) is 5.56 Å². The molecule has 0 amide bonds. The van der Waals surface area contributed by atoms with Crippen LogP contribution in [0.5, 0.6) is 5.75 Å². The van der Waals surface area contributed by atoms with Gasteiger partial charge in [0.05, 0.1) is 18.4 Å². The van der Waals surface area contributed by atoms with E-state index in [0.717, 1.165) is 0 Å². The minimum absolute atomic E-state index is 0.265. The molecule has 1 N–H and O–H groups in total. The molecule has 0 saturated heterocycles. The Morgan fingerprint density at radius 1 is 1.43 bits per heavy atom. The molecule has 0 aromatic heterocycles. The van der Waals surface area contributed by atoms with E-state index in [2.05, 4.69) is 0 Å². The Morgan fingerprint density at radius 2 is 2.05 bits per heavy atom. The van der Waals surface area contributed by atoms with E-state index in [1.54, 1.807) is 13.8 Å². The second kappa shape index (κ2) is 6.59. The highest BCUT2D eigenvalue weighted by atomic mass is 32.2. The second-order valence-corrected chi connectivity index (χ2v) is 7.08. The molecule has 1 rings (SSSR count). The SMILES string of the molecule is COc1cc(CS(=O)(=O)C(C(=O)O)C(C)C)ccc1C#N. The monoisotopic (exact) mass is 311 g/mol. The highest BCUT2D eigenvalue weighted by Crippen LogP contribution is 2.23. The van der Waals surface area contributed by atoms with Crippen molar-refractivity contribution in [2.45, 2.75) is 24.9 Å². The first-order valence-corrected chi connectivity index (χ1v) is 7.96. The Kier molecular flexibility index (Phi) is 5.33. The van der Waals surface area contributed by atoms with Gasteiger partial charge in [-0.15, -0.1) is 0 Å². The summed E-state index contributed by atoms with van der Waals surface area (Å²) in [6.07, 6.45) is 0. The van der Waals surface area contributed by atoms with Gasteiger partial charge in [0.15, 0.2) is 15.1 Å². The molecule has 0 aliphatic heterocycles. The van der Waals surface area contributed by atoms with Crippen LogP contribution in [0.25, 0.3) is 0 Å². The van der Waals surface area contributed by atoms with Gasteiger partial charge >= 0.3 is 5.97 Å². The minimum Gasteiger partial charge on any atom is -0.495 e. The Hall–Kier alpha value is -2.07. The normalized spacial score (nSPS) is 12.7. The van der Waals surface area contributed by atoms with Gasteiger partial charge in [0.2, 0.25) is 0 Å². The number of aliphatic carboxylic acids is 1. The highest BCUT2D eigenvalue weighted by Gasteiger charge is 2.35. The molecule has 1 aromatic carbocycles. The Balaban J connectivity index is 3.15. The molecule has 7 heteroatoms. The summed E-state index contributed by atoms with van der Waals surface area (Å²) in [6.45, 7) is 3.10. The van der Waals surface area contributed by atoms with Crippen molar-refractivity contribution < 1.29 is 23.1 Å². The zero-order chi connectivity index (χ0) is 16.2. The third-order valence-electron chi connectivity index (χ3n) is 2.99. The fourth-order valence-electron chi connectivity index (χ4n) is 2.09. The molecular formula is C14H17NO5S. The maximum Gasteiger partial charge on any atom is 0.322 e. The van der Waals surface area contributed by atoms with E-state index >= 15 is 0 Å². The molecule has 21 heavy (non-hydrogen) atoms. The molecule has 0 aliphatic rings. The number of hydrogen-bond donors (Lipinski definition) is 1. The molecule has 1 unspecified atom stereocenters. The average Bonchev–Trinajstić information content (AvgIpc) is 2.36. The predicted octanol–water partition coefficient (Wildman–Crippen LogP) is 1.59. The summed E-state index contributed by atoms with van der Waals surface area (Å²) in [5, 5.41) is 16.5. The lowest BCUT2D eigenvalue weighted by atomic mass is 10.1. The number of carboxylic acids is 1. The fourth-order valence-corrected chi connectivity index (χ4v) is 4.05. The molecule has 1 aromatic rings. The number of carbonyl (C=O) groups is 1. The molecule has 0 saturated carbocycles. The number of rotatable bonds is 6. The third-order valence-corrected chi connectivity index (χ3v) is 5.25. The van der Waals surface area contributed by atoms with Crippen molar-refractivity contribution in [1.82, 2.24) is 0 Å². The molecule has 0 radical (unpaired) electrons. The first-order valence-electron chi connectivity index (χ1n) is 6.24. The summed E-state index contributed by atoms with van der Waals surface area (Å²) in [7, 11) is -2.48. The Morgan fingerprint density at radius 3 is 2.48 bits per heavy atom. The van der Waals surface area contributed by atoms with E-state index in [1.807, 2.05) is 6.07 Å². The number of methoxy groups -OCH3 is 1. The summed E-state index contributed by atoms with van der Waals surface area (Å²) in [5.74, 6) is -2.04. The molecule has 114 valence electrons. The second-order valence-electron chi connectivity index (χ2n) is 4.96. The summed E-state index contributed by atoms with van der Waals surface area (Å²) in [4.78, 5) is 11.2. The van der Waals surface area contributed by atoms with Crippen LogP contribution in [0, 0.1) is 17.2 Å². The van der Waals surface area contributed by atoms with Crippen molar-refractivity contribution in [2.75, 3.05) is 7.11 Å². The van der Waals surface area contributed by atoms with Crippen LogP contribution in [0.15, 0.2) is 18.2 Å². The van der Waals surface area contributed by atoms with Crippen molar-refractivity contribution in [1.29, 1.82) is 5.26 Å². The highest BCUT2D eigenvalue weighted by molar-refractivity contribution is 7.92. The number of benzene rings is 1. The van der Waals surface area contributed by atoms with Crippen molar-refractivity contribution >= 4 is 15.8 Å². The molecule has 0 spiro atoms. The molecule has 0 aliphatic carbocycles. The van der Waals surface area contributed by atoms with Crippen LogP contribution in [0.3, 0.4) is 0 Å². The smallest absolute Gasteiger partial charge is 0.322 e.